The van der Waals surface area contributed by atoms with Crippen LogP contribution in [0.4, 0.5) is 0 Å². The summed E-state index contributed by atoms with van der Waals surface area (Å²) in [5.74, 6) is 0. The fourth-order valence-electron chi connectivity index (χ4n) is 0.922. The summed E-state index contributed by atoms with van der Waals surface area (Å²) in [5.41, 5.74) is 0.0881. The zero-order valence-corrected chi connectivity index (χ0v) is 9.44. The maximum Gasteiger partial charge on any atom is 0.0649 e. The van der Waals surface area contributed by atoms with E-state index in [0.717, 1.165) is 19.6 Å². The second kappa shape index (κ2) is 5.12. The Kier molecular flexibility index (Phi) is 5.30. The van der Waals surface area contributed by atoms with Crippen LogP contribution in [0.15, 0.2) is 0 Å². The van der Waals surface area contributed by atoms with E-state index >= 15 is 0 Å². The van der Waals surface area contributed by atoms with Gasteiger partial charge in [0.2, 0.25) is 0 Å². The fraction of sp³-hybridized carbons (Fsp3) is 1.00. The second-order valence-electron chi connectivity index (χ2n) is 3.33. The van der Waals surface area contributed by atoms with Crippen LogP contribution in [-0.4, -0.2) is 29.7 Å². The monoisotopic (exact) mass is 223 g/mol. The van der Waals surface area contributed by atoms with E-state index in [1.165, 1.54) is 0 Å². The molecule has 0 aromatic carbocycles. The van der Waals surface area contributed by atoms with Crippen LogP contribution in [0.2, 0.25) is 0 Å². The first-order valence-electron chi connectivity index (χ1n) is 3.97. The Morgan fingerprint density at radius 2 is 2.00 bits per heavy atom. The third kappa shape index (κ3) is 4.09. The summed E-state index contributed by atoms with van der Waals surface area (Å²) < 4.78 is 7.24. The van der Waals surface area contributed by atoms with Crippen molar-refractivity contribution < 1.29 is 4.74 Å². The van der Waals surface area contributed by atoms with E-state index in [1.54, 1.807) is 7.11 Å². The minimum Gasteiger partial charge on any atom is -0.383 e. The lowest BCUT2D eigenvalue weighted by Gasteiger charge is -2.32. The third-order valence-corrected chi connectivity index (χ3v) is 2.89. The Bertz CT molecular complexity index is 106. The van der Waals surface area contributed by atoms with Crippen molar-refractivity contribution in [3.05, 3.63) is 0 Å². The highest BCUT2D eigenvalue weighted by atomic mass is 79.9. The van der Waals surface area contributed by atoms with Crippen molar-refractivity contribution in [2.24, 2.45) is 0 Å². The molecule has 0 saturated carbocycles. The molecule has 0 rings (SSSR count). The molecule has 0 radical (unpaired) electrons. The number of nitrogens with zero attached hydrogens (tertiary/aromatic N) is 1. The van der Waals surface area contributed by atoms with E-state index in [2.05, 4.69) is 40.8 Å². The second-order valence-corrected chi connectivity index (χ2v) is 4.19. The van der Waals surface area contributed by atoms with Gasteiger partial charge < -0.3 is 4.74 Å². The van der Waals surface area contributed by atoms with Crippen LogP contribution >= 0.6 is 16.1 Å². The van der Waals surface area contributed by atoms with Crippen molar-refractivity contribution in [1.29, 1.82) is 0 Å². The quantitative estimate of drug-likeness (QED) is 0.665. The smallest absolute Gasteiger partial charge is 0.0649 e. The van der Waals surface area contributed by atoms with Crippen LogP contribution in [0.3, 0.4) is 0 Å². The molecule has 0 heterocycles. The lowest BCUT2D eigenvalue weighted by atomic mass is 10.1. The summed E-state index contributed by atoms with van der Waals surface area (Å²) in [6, 6.07) is 0. The summed E-state index contributed by atoms with van der Waals surface area (Å²) in [5, 5.41) is 0. The summed E-state index contributed by atoms with van der Waals surface area (Å²) in [4.78, 5) is 0. The number of ether oxygens (including phenoxy) is 1. The zero-order chi connectivity index (χ0) is 8.91. The van der Waals surface area contributed by atoms with Gasteiger partial charge in [0.1, 0.15) is 0 Å². The number of hydrogen-bond acceptors (Lipinski definition) is 2. The van der Waals surface area contributed by atoms with E-state index < -0.39 is 0 Å². The van der Waals surface area contributed by atoms with Gasteiger partial charge in [-0.05, 0) is 20.3 Å². The largest absolute Gasteiger partial charge is 0.383 e. The van der Waals surface area contributed by atoms with Crippen LogP contribution in [0.5, 0.6) is 0 Å². The van der Waals surface area contributed by atoms with Gasteiger partial charge in [-0.25, -0.2) is 3.93 Å². The highest BCUT2D eigenvalue weighted by Crippen LogP contribution is 2.18. The topological polar surface area (TPSA) is 12.5 Å². The van der Waals surface area contributed by atoms with E-state index in [1.807, 2.05) is 0 Å². The molecule has 0 aliphatic carbocycles. The Labute approximate surface area is 78.2 Å². The van der Waals surface area contributed by atoms with Gasteiger partial charge in [-0.2, -0.15) is 0 Å². The molecule has 0 spiro atoms. The molecule has 0 amide bonds. The number of rotatable bonds is 5. The first kappa shape index (κ1) is 11.4. The van der Waals surface area contributed by atoms with Gasteiger partial charge >= 0.3 is 0 Å². The van der Waals surface area contributed by atoms with Crippen LogP contribution in [0.25, 0.3) is 0 Å². The number of hydrogen-bond donors (Lipinski definition) is 0. The SMILES string of the molecule is CCCN(Br)C(C)(C)COC. The number of methoxy groups -OCH3 is 1. The first-order chi connectivity index (χ1) is 5.04. The van der Waals surface area contributed by atoms with Gasteiger partial charge in [0.05, 0.1) is 6.61 Å². The third-order valence-electron chi connectivity index (χ3n) is 1.57. The maximum absolute atomic E-state index is 5.10. The van der Waals surface area contributed by atoms with Gasteiger partial charge in [-0.1, -0.05) is 6.92 Å². The highest BCUT2D eigenvalue weighted by molar-refractivity contribution is 9.07. The average Bonchev–Trinajstić information content (AvgIpc) is 1.88. The van der Waals surface area contributed by atoms with E-state index in [9.17, 15) is 0 Å². The van der Waals surface area contributed by atoms with Crippen LogP contribution in [0, 0.1) is 0 Å². The minimum atomic E-state index is 0.0881. The molecule has 68 valence electrons. The van der Waals surface area contributed by atoms with Gasteiger partial charge in [0.25, 0.3) is 0 Å². The molecule has 0 saturated heterocycles. The first-order valence-corrected chi connectivity index (χ1v) is 4.68. The molecule has 0 bridgehead atoms. The molecule has 0 atom stereocenters. The predicted molar refractivity (Wildman–Crippen MR) is 51.9 cm³/mol. The lowest BCUT2D eigenvalue weighted by Crippen LogP contribution is -2.41. The molecule has 0 aliphatic heterocycles. The van der Waals surface area contributed by atoms with Crippen LogP contribution in [0.1, 0.15) is 27.2 Å². The Balaban J connectivity index is 3.83. The minimum absolute atomic E-state index is 0.0881. The Morgan fingerprint density at radius 3 is 2.36 bits per heavy atom. The molecule has 0 aliphatic rings. The fourth-order valence-corrected chi connectivity index (χ4v) is 1.38. The van der Waals surface area contributed by atoms with Crippen molar-refractivity contribution in [1.82, 2.24) is 3.93 Å². The standard InChI is InChI=1S/C8H18BrNO/c1-5-6-10(9)8(2,3)7-11-4/h5-7H2,1-4H3. The van der Waals surface area contributed by atoms with Crippen LogP contribution in [-0.2, 0) is 4.74 Å². The lowest BCUT2D eigenvalue weighted by molar-refractivity contribution is 0.0920. The Hall–Kier alpha value is 0.400. The van der Waals surface area contributed by atoms with E-state index in [4.69, 9.17) is 4.74 Å². The highest BCUT2D eigenvalue weighted by Gasteiger charge is 2.23. The van der Waals surface area contributed by atoms with Crippen molar-refractivity contribution in [3.8, 4) is 0 Å². The molecular weight excluding hydrogens is 206 g/mol. The van der Waals surface area contributed by atoms with Gasteiger partial charge in [0.15, 0.2) is 0 Å². The molecule has 0 aromatic heterocycles. The van der Waals surface area contributed by atoms with Crippen LogP contribution < -0.4 is 0 Å². The summed E-state index contributed by atoms with van der Waals surface area (Å²) >= 11 is 3.51. The zero-order valence-electron chi connectivity index (χ0n) is 7.85. The molecule has 0 aromatic rings. The molecule has 0 unspecified atom stereocenters. The van der Waals surface area contributed by atoms with E-state index in [0.29, 0.717) is 0 Å². The van der Waals surface area contributed by atoms with Crippen molar-refractivity contribution in [2.45, 2.75) is 32.7 Å². The van der Waals surface area contributed by atoms with Gasteiger partial charge in [0, 0.05) is 35.3 Å². The summed E-state index contributed by atoms with van der Waals surface area (Å²) in [6.45, 7) is 8.27. The molecule has 2 nitrogen and oxygen atoms in total. The summed E-state index contributed by atoms with van der Waals surface area (Å²) in [6.07, 6.45) is 1.15. The average molecular weight is 224 g/mol. The molecular formula is C8H18BrNO. The van der Waals surface area contributed by atoms with Gasteiger partial charge in [-0.15, -0.1) is 0 Å². The normalized spacial score (nSPS) is 12.5. The Morgan fingerprint density at radius 1 is 1.45 bits per heavy atom. The molecule has 11 heavy (non-hydrogen) atoms. The summed E-state index contributed by atoms with van der Waals surface area (Å²) in [7, 11) is 1.73. The van der Waals surface area contributed by atoms with Crippen molar-refractivity contribution in [2.75, 3.05) is 20.3 Å². The van der Waals surface area contributed by atoms with Crippen molar-refractivity contribution in [3.63, 3.8) is 0 Å². The predicted octanol–water partition coefficient (Wildman–Crippen LogP) is 2.43. The molecule has 0 fully saturated rings. The number of halogens is 1. The van der Waals surface area contributed by atoms with Gasteiger partial charge in [-0.3, -0.25) is 0 Å². The molecule has 3 heteroatoms. The molecule has 0 N–H and O–H groups in total. The van der Waals surface area contributed by atoms with Crippen molar-refractivity contribution >= 4 is 16.1 Å². The maximum atomic E-state index is 5.10. The van der Waals surface area contributed by atoms with E-state index in [-0.39, 0.29) is 5.54 Å².